The second kappa shape index (κ2) is 3.56. The lowest BCUT2D eigenvalue weighted by atomic mass is 10.1. The first-order chi connectivity index (χ1) is 7.83. The first kappa shape index (κ1) is 9.27. The van der Waals surface area contributed by atoms with Crippen LogP contribution in [0.1, 0.15) is 11.1 Å². The van der Waals surface area contributed by atoms with Gasteiger partial charge in [-0.05, 0) is 11.1 Å². The van der Waals surface area contributed by atoms with Gasteiger partial charge in [0, 0.05) is 13.1 Å². The molecular formula is C12H10FN3. The number of hydrogen-bond donors (Lipinski definition) is 0. The van der Waals surface area contributed by atoms with Crippen LogP contribution in [0.4, 0.5) is 10.3 Å². The molecule has 0 unspecified atom stereocenters. The normalized spacial score (nSPS) is 13.9. The Hall–Kier alpha value is -1.97. The predicted molar refractivity (Wildman–Crippen MR) is 58.3 cm³/mol. The Morgan fingerprint density at radius 1 is 1.00 bits per heavy atom. The molecule has 2 heterocycles. The molecular weight excluding hydrogens is 205 g/mol. The summed E-state index contributed by atoms with van der Waals surface area (Å²) in [5.41, 5.74) is 2.57. The molecule has 1 aromatic heterocycles. The highest BCUT2D eigenvalue weighted by molar-refractivity contribution is 5.42. The van der Waals surface area contributed by atoms with Gasteiger partial charge in [0.05, 0.1) is 12.4 Å². The van der Waals surface area contributed by atoms with E-state index in [0.717, 1.165) is 13.1 Å². The second-order valence-corrected chi connectivity index (χ2v) is 3.83. The van der Waals surface area contributed by atoms with Crippen molar-refractivity contribution in [1.82, 2.24) is 9.97 Å². The van der Waals surface area contributed by atoms with Crippen LogP contribution in [0, 0.1) is 5.82 Å². The Morgan fingerprint density at radius 3 is 2.12 bits per heavy atom. The van der Waals surface area contributed by atoms with Crippen molar-refractivity contribution in [1.29, 1.82) is 0 Å². The molecule has 0 saturated carbocycles. The minimum Gasteiger partial charge on any atom is -0.332 e. The molecule has 16 heavy (non-hydrogen) atoms. The highest BCUT2D eigenvalue weighted by Gasteiger charge is 2.20. The highest BCUT2D eigenvalue weighted by Crippen LogP contribution is 2.25. The molecule has 0 aliphatic carbocycles. The maximum Gasteiger partial charge on any atom is 0.226 e. The van der Waals surface area contributed by atoms with Crippen LogP contribution in [0.15, 0.2) is 36.7 Å². The molecule has 1 aliphatic rings. The molecule has 0 saturated heterocycles. The zero-order valence-electron chi connectivity index (χ0n) is 8.60. The predicted octanol–water partition coefficient (Wildman–Crippen LogP) is 2.14. The average molecular weight is 215 g/mol. The van der Waals surface area contributed by atoms with Gasteiger partial charge < -0.3 is 4.90 Å². The number of halogens is 1. The third-order valence-corrected chi connectivity index (χ3v) is 2.73. The number of rotatable bonds is 1. The van der Waals surface area contributed by atoms with E-state index in [0.29, 0.717) is 5.95 Å². The minimum absolute atomic E-state index is 0.402. The van der Waals surface area contributed by atoms with E-state index in [1.807, 2.05) is 17.0 Å². The van der Waals surface area contributed by atoms with E-state index in [-0.39, 0.29) is 0 Å². The van der Waals surface area contributed by atoms with Gasteiger partial charge in [-0.2, -0.15) is 0 Å². The minimum atomic E-state index is -0.402. The Kier molecular flexibility index (Phi) is 2.06. The quantitative estimate of drug-likeness (QED) is 0.729. The SMILES string of the molecule is Fc1cnc(N2Cc3ccccc3C2)nc1. The zero-order valence-corrected chi connectivity index (χ0v) is 8.60. The van der Waals surface area contributed by atoms with Gasteiger partial charge in [-0.3, -0.25) is 0 Å². The van der Waals surface area contributed by atoms with Gasteiger partial charge in [-0.1, -0.05) is 24.3 Å². The summed E-state index contributed by atoms with van der Waals surface area (Å²) in [5.74, 6) is 0.179. The van der Waals surface area contributed by atoms with Gasteiger partial charge in [0.1, 0.15) is 0 Å². The monoisotopic (exact) mass is 215 g/mol. The molecule has 1 aromatic carbocycles. The van der Waals surface area contributed by atoms with Gasteiger partial charge in [0.25, 0.3) is 0 Å². The molecule has 0 bridgehead atoms. The summed E-state index contributed by atoms with van der Waals surface area (Å²) in [6.07, 6.45) is 2.40. The van der Waals surface area contributed by atoms with Crippen LogP contribution in [0.25, 0.3) is 0 Å². The van der Waals surface area contributed by atoms with E-state index >= 15 is 0 Å². The second-order valence-electron chi connectivity index (χ2n) is 3.83. The van der Waals surface area contributed by atoms with E-state index in [1.165, 1.54) is 23.5 Å². The third-order valence-electron chi connectivity index (χ3n) is 2.73. The molecule has 2 aromatic rings. The van der Waals surface area contributed by atoms with E-state index in [9.17, 15) is 4.39 Å². The Labute approximate surface area is 92.6 Å². The van der Waals surface area contributed by atoms with Crippen LogP contribution in [0.5, 0.6) is 0 Å². The van der Waals surface area contributed by atoms with Crippen molar-refractivity contribution < 1.29 is 4.39 Å². The van der Waals surface area contributed by atoms with Crippen molar-refractivity contribution >= 4 is 5.95 Å². The van der Waals surface area contributed by atoms with Gasteiger partial charge in [-0.25, -0.2) is 14.4 Å². The van der Waals surface area contributed by atoms with Crippen LogP contribution < -0.4 is 4.90 Å². The third kappa shape index (κ3) is 1.52. The number of aromatic nitrogens is 2. The number of fused-ring (bicyclic) bond motifs is 1. The first-order valence-electron chi connectivity index (χ1n) is 5.12. The number of nitrogens with zero attached hydrogens (tertiary/aromatic N) is 3. The topological polar surface area (TPSA) is 29.0 Å². The lowest BCUT2D eigenvalue weighted by Crippen LogP contribution is -2.17. The molecule has 0 radical (unpaired) electrons. The van der Waals surface area contributed by atoms with E-state index in [1.54, 1.807) is 0 Å². The number of benzene rings is 1. The molecule has 3 rings (SSSR count). The van der Waals surface area contributed by atoms with Crippen molar-refractivity contribution in [2.24, 2.45) is 0 Å². The van der Waals surface area contributed by atoms with Crippen LogP contribution in [0.2, 0.25) is 0 Å². The van der Waals surface area contributed by atoms with Gasteiger partial charge in [-0.15, -0.1) is 0 Å². The smallest absolute Gasteiger partial charge is 0.226 e. The standard InChI is InChI=1S/C12H10FN3/c13-11-5-14-12(15-6-11)16-7-9-3-1-2-4-10(9)8-16/h1-6H,7-8H2. The Balaban J connectivity index is 1.88. The van der Waals surface area contributed by atoms with E-state index in [4.69, 9.17) is 0 Å². The fraction of sp³-hybridized carbons (Fsp3) is 0.167. The molecule has 0 amide bonds. The van der Waals surface area contributed by atoms with Gasteiger partial charge in [0.2, 0.25) is 5.95 Å². The van der Waals surface area contributed by atoms with Crippen LogP contribution in [0.3, 0.4) is 0 Å². The average Bonchev–Trinajstić information content (AvgIpc) is 2.73. The number of anilines is 1. The molecule has 80 valence electrons. The van der Waals surface area contributed by atoms with Crippen molar-refractivity contribution in [2.45, 2.75) is 13.1 Å². The fourth-order valence-corrected chi connectivity index (χ4v) is 1.94. The van der Waals surface area contributed by atoms with Crippen molar-refractivity contribution in [3.8, 4) is 0 Å². The van der Waals surface area contributed by atoms with Crippen molar-refractivity contribution in [3.05, 3.63) is 53.6 Å². The molecule has 3 nitrogen and oxygen atoms in total. The van der Waals surface area contributed by atoms with Gasteiger partial charge >= 0.3 is 0 Å². The van der Waals surface area contributed by atoms with Crippen molar-refractivity contribution in [2.75, 3.05) is 4.90 Å². The Bertz CT molecular complexity index is 485. The number of hydrogen-bond acceptors (Lipinski definition) is 3. The van der Waals surface area contributed by atoms with Crippen LogP contribution >= 0.6 is 0 Å². The highest BCUT2D eigenvalue weighted by atomic mass is 19.1. The maximum atomic E-state index is 12.7. The molecule has 0 fully saturated rings. The Morgan fingerprint density at radius 2 is 1.56 bits per heavy atom. The van der Waals surface area contributed by atoms with Crippen LogP contribution in [-0.4, -0.2) is 9.97 Å². The largest absolute Gasteiger partial charge is 0.332 e. The summed E-state index contributed by atoms with van der Waals surface area (Å²) in [5, 5.41) is 0. The van der Waals surface area contributed by atoms with Crippen molar-refractivity contribution in [3.63, 3.8) is 0 Å². The summed E-state index contributed by atoms with van der Waals surface area (Å²) in [7, 11) is 0. The van der Waals surface area contributed by atoms with E-state index in [2.05, 4.69) is 22.1 Å². The molecule has 4 heteroatoms. The lowest BCUT2D eigenvalue weighted by Gasteiger charge is -2.14. The summed E-state index contributed by atoms with van der Waals surface area (Å²) in [6, 6.07) is 8.24. The van der Waals surface area contributed by atoms with E-state index < -0.39 is 5.82 Å². The summed E-state index contributed by atoms with van der Waals surface area (Å²) >= 11 is 0. The molecule has 0 atom stereocenters. The van der Waals surface area contributed by atoms with Crippen LogP contribution in [-0.2, 0) is 13.1 Å². The first-order valence-corrected chi connectivity index (χ1v) is 5.12. The molecule has 0 spiro atoms. The maximum absolute atomic E-state index is 12.7. The zero-order chi connectivity index (χ0) is 11.0. The molecule has 1 aliphatic heterocycles. The summed E-state index contributed by atoms with van der Waals surface area (Å²) in [4.78, 5) is 10.00. The van der Waals surface area contributed by atoms with Gasteiger partial charge in [0.15, 0.2) is 5.82 Å². The summed E-state index contributed by atoms with van der Waals surface area (Å²) in [6.45, 7) is 1.59. The summed E-state index contributed by atoms with van der Waals surface area (Å²) < 4.78 is 12.7. The molecule has 0 N–H and O–H groups in total. The fourth-order valence-electron chi connectivity index (χ4n) is 1.94. The lowest BCUT2D eigenvalue weighted by molar-refractivity contribution is 0.611.